The molecule has 0 radical (unpaired) electrons. The average molecular weight is 388 g/mol. The number of fused-ring (bicyclic) bond motifs is 1. The Morgan fingerprint density at radius 2 is 1.96 bits per heavy atom. The lowest BCUT2D eigenvalue weighted by molar-refractivity contribution is -0.147. The van der Waals surface area contributed by atoms with Gasteiger partial charge in [-0.25, -0.2) is 4.79 Å². The minimum Gasteiger partial charge on any atom is -0.497 e. The molecule has 150 valence electrons. The highest BCUT2D eigenvalue weighted by molar-refractivity contribution is 5.96. The van der Waals surface area contributed by atoms with Crippen LogP contribution in [0.2, 0.25) is 0 Å². The molecule has 0 aliphatic heterocycles. The lowest BCUT2D eigenvalue weighted by Gasteiger charge is -2.22. The van der Waals surface area contributed by atoms with E-state index in [1.54, 1.807) is 25.3 Å². The van der Waals surface area contributed by atoms with Gasteiger partial charge in [-0.15, -0.1) is 0 Å². The Kier molecular flexibility index (Phi) is 6.52. The van der Waals surface area contributed by atoms with Gasteiger partial charge in [-0.2, -0.15) is 0 Å². The zero-order valence-corrected chi connectivity index (χ0v) is 15.8. The number of esters is 1. The Hall–Kier alpha value is -3.03. The summed E-state index contributed by atoms with van der Waals surface area (Å²) in [7, 11) is 1.56. The van der Waals surface area contributed by atoms with Gasteiger partial charge >= 0.3 is 12.0 Å². The summed E-state index contributed by atoms with van der Waals surface area (Å²) in [5.74, 6) is -0.594. The number of nitrogens with one attached hydrogen (secondary N) is 2. The van der Waals surface area contributed by atoms with E-state index in [4.69, 9.17) is 13.9 Å². The van der Waals surface area contributed by atoms with E-state index in [0.29, 0.717) is 16.9 Å². The summed E-state index contributed by atoms with van der Waals surface area (Å²) in [6.07, 6.45) is 6.60. The summed E-state index contributed by atoms with van der Waals surface area (Å²) in [5.41, 5.74) is 1.25. The second-order valence-corrected chi connectivity index (χ2v) is 6.82. The van der Waals surface area contributed by atoms with Gasteiger partial charge in [0.2, 0.25) is 0 Å². The normalized spacial score (nSPS) is 14.5. The molecule has 0 bridgehead atoms. The van der Waals surface area contributed by atoms with E-state index in [9.17, 15) is 14.4 Å². The highest BCUT2D eigenvalue weighted by atomic mass is 16.5. The Labute approximate surface area is 162 Å². The third-order valence-electron chi connectivity index (χ3n) is 4.76. The van der Waals surface area contributed by atoms with Crippen LogP contribution < -0.4 is 15.4 Å². The van der Waals surface area contributed by atoms with Gasteiger partial charge < -0.3 is 19.2 Å². The van der Waals surface area contributed by atoms with Gasteiger partial charge in [0.15, 0.2) is 6.61 Å². The Bertz CT molecular complexity index is 853. The molecule has 0 atom stereocenters. The van der Waals surface area contributed by atoms with Crippen LogP contribution in [-0.4, -0.2) is 37.7 Å². The first-order chi connectivity index (χ1) is 13.5. The van der Waals surface area contributed by atoms with Crippen LogP contribution in [0.25, 0.3) is 11.0 Å². The molecule has 1 aliphatic carbocycles. The highest BCUT2D eigenvalue weighted by Crippen LogP contribution is 2.26. The molecule has 2 N–H and O–H groups in total. The van der Waals surface area contributed by atoms with Gasteiger partial charge in [0.05, 0.1) is 19.8 Å². The van der Waals surface area contributed by atoms with Gasteiger partial charge in [-0.05, 0) is 25.0 Å². The predicted octanol–water partition coefficient (Wildman–Crippen LogP) is 2.69. The molecular weight excluding hydrogens is 364 g/mol. The van der Waals surface area contributed by atoms with Crippen LogP contribution in [0.1, 0.15) is 37.7 Å². The first-order valence-corrected chi connectivity index (χ1v) is 9.35. The van der Waals surface area contributed by atoms with Crippen LogP contribution in [0.15, 0.2) is 28.9 Å². The van der Waals surface area contributed by atoms with Gasteiger partial charge in [-0.1, -0.05) is 19.3 Å². The van der Waals surface area contributed by atoms with E-state index in [0.717, 1.165) is 31.1 Å². The lowest BCUT2D eigenvalue weighted by Crippen LogP contribution is -2.46. The van der Waals surface area contributed by atoms with Crippen LogP contribution >= 0.6 is 0 Å². The average Bonchev–Trinajstić information content (AvgIpc) is 3.09. The van der Waals surface area contributed by atoms with Crippen LogP contribution in [-0.2, 0) is 20.7 Å². The number of amides is 3. The number of hydrogen-bond donors (Lipinski definition) is 2. The fraction of sp³-hybridized carbons (Fsp3) is 0.450. The molecule has 1 fully saturated rings. The van der Waals surface area contributed by atoms with E-state index in [1.165, 1.54) is 12.7 Å². The van der Waals surface area contributed by atoms with Crippen molar-refractivity contribution < 1.29 is 28.3 Å². The monoisotopic (exact) mass is 388 g/mol. The number of benzene rings is 1. The first kappa shape index (κ1) is 19.7. The smallest absolute Gasteiger partial charge is 0.321 e. The standard InChI is InChI=1S/C20H24N2O6/c1-26-15-7-8-16-13(11-27-17(16)10-15)9-19(24)28-12-18(23)22-20(25)21-14-5-3-2-4-6-14/h7-8,10-11,14H,2-6,9,12H2,1H3,(H2,21,22,23,25). The molecule has 1 aromatic heterocycles. The van der Waals surface area contributed by atoms with Crippen molar-refractivity contribution in [3.63, 3.8) is 0 Å². The number of hydrogen-bond acceptors (Lipinski definition) is 6. The first-order valence-electron chi connectivity index (χ1n) is 9.35. The maximum absolute atomic E-state index is 12.0. The summed E-state index contributed by atoms with van der Waals surface area (Å²) >= 11 is 0. The van der Waals surface area contributed by atoms with Crippen molar-refractivity contribution in [3.05, 3.63) is 30.0 Å². The van der Waals surface area contributed by atoms with Crippen molar-refractivity contribution in [2.24, 2.45) is 0 Å². The number of imide groups is 1. The van der Waals surface area contributed by atoms with Crippen molar-refractivity contribution in [1.82, 2.24) is 10.6 Å². The number of ether oxygens (including phenoxy) is 2. The van der Waals surface area contributed by atoms with Crippen molar-refractivity contribution in [3.8, 4) is 5.75 Å². The predicted molar refractivity (Wildman–Crippen MR) is 101 cm³/mol. The molecule has 0 saturated heterocycles. The Morgan fingerprint density at radius 1 is 1.18 bits per heavy atom. The van der Waals surface area contributed by atoms with Gasteiger partial charge in [-0.3, -0.25) is 14.9 Å². The molecule has 3 amide bonds. The summed E-state index contributed by atoms with van der Waals surface area (Å²) in [6, 6.07) is 4.83. The highest BCUT2D eigenvalue weighted by Gasteiger charge is 2.18. The summed E-state index contributed by atoms with van der Waals surface area (Å²) < 4.78 is 15.5. The van der Waals surface area contributed by atoms with E-state index in [-0.39, 0.29) is 12.5 Å². The fourth-order valence-electron chi connectivity index (χ4n) is 3.31. The Morgan fingerprint density at radius 3 is 2.71 bits per heavy atom. The number of furan rings is 1. The minimum atomic E-state index is -0.663. The van der Waals surface area contributed by atoms with E-state index >= 15 is 0 Å². The zero-order chi connectivity index (χ0) is 19.9. The molecule has 8 heteroatoms. The molecule has 0 spiro atoms. The molecule has 1 aliphatic rings. The van der Waals surface area contributed by atoms with E-state index < -0.39 is 24.5 Å². The van der Waals surface area contributed by atoms with Crippen LogP contribution in [0.4, 0.5) is 4.79 Å². The molecule has 28 heavy (non-hydrogen) atoms. The van der Waals surface area contributed by atoms with Crippen molar-refractivity contribution in [2.45, 2.75) is 44.6 Å². The van der Waals surface area contributed by atoms with Gasteiger partial charge in [0.1, 0.15) is 11.3 Å². The van der Waals surface area contributed by atoms with Crippen molar-refractivity contribution >= 4 is 28.9 Å². The summed E-state index contributed by atoms with van der Waals surface area (Å²) in [4.78, 5) is 35.6. The van der Waals surface area contributed by atoms with Gasteiger partial charge in [0.25, 0.3) is 5.91 Å². The van der Waals surface area contributed by atoms with Crippen LogP contribution in [0, 0.1) is 0 Å². The molecule has 1 aromatic carbocycles. The number of rotatable bonds is 6. The lowest BCUT2D eigenvalue weighted by atomic mass is 9.96. The molecule has 8 nitrogen and oxygen atoms in total. The van der Waals surface area contributed by atoms with Gasteiger partial charge in [0, 0.05) is 23.1 Å². The maximum atomic E-state index is 12.0. The second kappa shape index (κ2) is 9.25. The number of carbonyl (C=O) groups excluding carboxylic acids is 3. The zero-order valence-electron chi connectivity index (χ0n) is 15.8. The number of methoxy groups -OCH3 is 1. The summed E-state index contributed by atoms with van der Waals surface area (Å²) in [6.45, 7) is -0.513. The van der Waals surface area contributed by atoms with Crippen molar-refractivity contribution in [1.29, 1.82) is 0 Å². The van der Waals surface area contributed by atoms with Crippen LogP contribution in [0.5, 0.6) is 5.75 Å². The van der Waals surface area contributed by atoms with Crippen molar-refractivity contribution in [2.75, 3.05) is 13.7 Å². The third kappa shape index (κ3) is 5.25. The fourth-order valence-corrected chi connectivity index (χ4v) is 3.31. The van der Waals surface area contributed by atoms with Crippen LogP contribution in [0.3, 0.4) is 0 Å². The molecule has 2 aromatic rings. The van der Waals surface area contributed by atoms with E-state index in [2.05, 4.69) is 10.6 Å². The number of carbonyl (C=O) groups is 3. The molecule has 1 heterocycles. The summed E-state index contributed by atoms with van der Waals surface area (Å²) in [5, 5.41) is 5.73. The molecule has 0 unspecified atom stereocenters. The molecule has 3 rings (SSSR count). The second-order valence-electron chi connectivity index (χ2n) is 6.82. The third-order valence-corrected chi connectivity index (χ3v) is 4.76. The molecular formula is C20H24N2O6. The SMILES string of the molecule is COc1ccc2c(CC(=O)OCC(=O)NC(=O)NC3CCCCC3)coc2c1. The quantitative estimate of drug-likeness (QED) is 0.737. The topological polar surface area (TPSA) is 107 Å². The van der Waals surface area contributed by atoms with E-state index in [1.807, 2.05) is 0 Å². The molecule has 1 saturated carbocycles. The minimum absolute atomic E-state index is 0.0408. The largest absolute Gasteiger partial charge is 0.497 e. The Balaban J connectivity index is 1.43. The number of urea groups is 1. The maximum Gasteiger partial charge on any atom is 0.321 e.